The molecule has 0 saturated heterocycles. The quantitative estimate of drug-likeness (QED) is 0.520. The van der Waals surface area contributed by atoms with Gasteiger partial charge in [0, 0.05) is 12.6 Å². The van der Waals surface area contributed by atoms with Crippen LogP contribution in [0.25, 0.3) is 21.3 Å². The smallest absolute Gasteiger partial charge is 0.259 e. The number of amides is 1. The third-order valence-corrected chi connectivity index (χ3v) is 5.72. The van der Waals surface area contributed by atoms with Gasteiger partial charge in [0.25, 0.3) is 5.91 Å². The Morgan fingerprint density at radius 2 is 1.63 bits per heavy atom. The van der Waals surface area contributed by atoms with Crippen LogP contribution in [0.2, 0.25) is 0 Å². The van der Waals surface area contributed by atoms with Crippen molar-refractivity contribution >= 4 is 43.6 Å². The minimum Gasteiger partial charge on any atom is -0.287 e. The van der Waals surface area contributed by atoms with Crippen LogP contribution in [-0.4, -0.2) is 27.9 Å². The molecule has 4 rings (SSSR count). The van der Waals surface area contributed by atoms with E-state index in [4.69, 9.17) is 9.97 Å². The second-order valence-electron chi connectivity index (χ2n) is 6.36. The summed E-state index contributed by atoms with van der Waals surface area (Å²) in [6, 6.07) is 13.4. The molecule has 136 valence electrons. The lowest BCUT2D eigenvalue weighted by atomic mass is 10.1. The second kappa shape index (κ2) is 7.04. The van der Waals surface area contributed by atoms with E-state index in [9.17, 15) is 4.79 Å². The molecular weight excluding hydrogens is 356 g/mol. The Kier molecular flexibility index (Phi) is 4.58. The van der Waals surface area contributed by atoms with E-state index in [0.717, 1.165) is 45.5 Å². The topological polar surface area (TPSA) is 59.0 Å². The van der Waals surface area contributed by atoms with Gasteiger partial charge < -0.3 is 0 Å². The average molecular weight is 376 g/mol. The van der Waals surface area contributed by atoms with Crippen molar-refractivity contribution in [1.29, 1.82) is 0 Å². The van der Waals surface area contributed by atoms with Crippen LogP contribution in [0.5, 0.6) is 0 Å². The van der Waals surface area contributed by atoms with Crippen LogP contribution in [0, 0.1) is 0 Å². The lowest BCUT2D eigenvalue weighted by molar-refractivity contribution is 0.0993. The average Bonchev–Trinajstić information content (AvgIpc) is 3.15. The highest BCUT2D eigenvalue weighted by Gasteiger charge is 2.18. The molecule has 0 aliphatic rings. The van der Waals surface area contributed by atoms with Gasteiger partial charge in [0.05, 0.1) is 32.6 Å². The van der Waals surface area contributed by atoms with Gasteiger partial charge in [-0.3, -0.25) is 9.69 Å². The van der Waals surface area contributed by atoms with Gasteiger partial charge in [-0.25, -0.2) is 15.0 Å². The largest absolute Gasteiger partial charge is 0.287 e. The molecule has 0 N–H and O–H groups in total. The SMILES string of the molecule is CCc1nc2ccc(C(=O)N(C)c3nc4ccccc4s3)cc2nc1CC. The van der Waals surface area contributed by atoms with Gasteiger partial charge in [0.2, 0.25) is 0 Å². The summed E-state index contributed by atoms with van der Waals surface area (Å²) in [5.41, 5.74) is 5.09. The van der Waals surface area contributed by atoms with Gasteiger partial charge >= 0.3 is 0 Å². The van der Waals surface area contributed by atoms with Gasteiger partial charge in [-0.15, -0.1) is 0 Å². The molecule has 0 aliphatic carbocycles. The molecule has 0 saturated carbocycles. The second-order valence-corrected chi connectivity index (χ2v) is 7.37. The third kappa shape index (κ3) is 3.17. The summed E-state index contributed by atoms with van der Waals surface area (Å²) >= 11 is 1.51. The maximum Gasteiger partial charge on any atom is 0.259 e. The van der Waals surface area contributed by atoms with Gasteiger partial charge in [-0.1, -0.05) is 37.3 Å². The Balaban J connectivity index is 1.70. The van der Waals surface area contributed by atoms with Crippen molar-refractivity contribution < 1.29 is 4.79 Å². The number of para-hydroxylation sites is 1. The molecule has 2 aromatic carbocycles. The first kappa shape index (κ1) is 17.5. The molecule has 2 aromatic heterocycles. The van der Waals surface area contributed by atoms with Crippen LogP contribution in [0.15, 0.2) is 42.5 Å². The highest BCUT2D eigenvalue weighted by Crippen LogP contribution is 2.29. The van der Waals surface area contributed by atoms with Crippen LogP contribution >= 0.6 is 11.3 Å². The number of carbonyl (C=O) groups is 1. The van der Waals surface area contributed by atoms with Crippen LogP contribution in [0.3, 0.4) is 0 Å². The lowest BCUT2D eigenvalue weighted by Crippen LogP contribution is -2.26. The van der Waals surface area contributed by atoms with Gasteiger partial charge in [-0.2, -0.15) is 0 Å². The number of fused-ring (bicyclic) bond motifs is 2. The normalized spacial score (nSPS) is 11.2. The fourth-order valence-electron chi connectivity index (χ4n) is 3.11. The van der Waals surface area contributed by atoms with Crippen molar-refractivity contribution in [1.82, 2.24) is 15.0 Å². The number of rotatable bonds is 4. The Morgan fingerprint density at radius 3 is 2.33 bits per heavy atom. The number of carbonyl (C=O) groups excluding carboxylic acids is 1. The molecule has 0 bridgehead atoms. The van der Waals surface area contributed by atoms with Crippen molar-refractivity contribution in [3.8, 4) is 0 Å². The van der Waals surface area contributed by atoms with Gasteiger partial charge in [0.1, 0.15) is 0 Å². The van der Waals surface area contributed by atoms with Crippen LogP contribution < -0.4 is 4.90 Å². The Bertz CT molecular complexity index is 1120. The van der Waals surface area contributed by atoms with Crippen LogP contribution in [0.1, 0.15) is 35.6 Å². The van der Waals surface area contributed by atoms with Crippen molar-refractivity contribution in [2.24, 2.45) is 0 Å². The zero-order valence-electron chi connectivity index (χ0n) is 15.6. The number of hydrogen-bond acceptors (Lipinski definition) is 5. The van der Waals surface area contributed by atoms with Crippen LogP contribution in [-0.2, 0) is 12.8 Å². The van der Waals surface area contributed by atoms with Gasteiger partial charge in [0.15, 0.2) is 5.13 Å². The summed E-state index contributed by atoms with van der Waals surface area (Å²) in [5, 5.41) is 0.683. The molecule has 0 atom stereocenters. The predicted molar refractivity (Wildman–Crippen MR) is 111 cm³/mol. The lowest BCUT2D eigenvalue weighted by Gasteiger charge is -2.14. The summed E-state index contributed by atoms with van der Waals surface area (Å²) in [6.45, 7) is 4.16. The summed E-state index contributed by atoms with van der Waals surface area (Å²) in [5.74, 6) is -0.102. The maximum absolute atomic E-state index is 13.0. The molecule has 2 heterocycles. The first-order chi connectivity index (χ1) is 13.1. The molecule has 5 nitrogen and oxygen atoms in total. The van der Waals surface area contributed by atoms with E-state index in [-0.39, 0.29) is 5.91 Å². The van der Waals surface area contributed by atoms with E-state index in [0.29, 0.717) is 10.7 Å². The summed E-state index contributed by atoms with van der Waals surface area (Å²) in [4.78, 5) is 28.6. The summed E-state index contributed by atoms with van der Waals surface area (Å²) in [7, 11) is 1.76. The predicted octanol–water partition coefficient (Wildman–Crippen LogP) is 4.64. The van der Waals surface area contributed by atoms with Crippen molar-refractivity contribution in [3.63, 3.8) is 0 Å². The number of thiazole rings is 1. The minimum atomic E-state index is -0.102. The standard InChI is InChI=1S/C21H20N4OS/c1-4-14-15(5-2)23-18-12-13(10-11-16(18)22-14)20(26)25(3)21-24-17-8-6-7-9-19(17)27-21/h6-12H,4-5H2,1-3H3. The Hall–Kier alpha value is -2.86. The first-order valence-corrected chi connectivity index (χ1v) is 9.85. The monoisotopic (exact) mass is 376 g/mol. The maximum atomic E-state index is 13.0. The molecule has 1 amide bonds. The van der Waals surface area contributed by atoms with Crippen molar-refractivity contribution in [2.45, 2.75) is 26.7 Å². The summed E-state index contributed by atoms with van der Waals surface area (Å²) < 4.78 is 1.07. The highest BCUT2D eigenvalue weighted by molar-refractivity contribution is 7.22. The molecule has 0 fully saturated rings. The van der Waals surface area contributed by atoms with Gasteiger partial charge in [-0.05, 0) is 43.2 Å². The fraction of sp³-hybridized carbons (Fsp3) is 0.238. The fourth-order valence-corrected chi connectivity index (χ4v) is 4.04. The number of benzene rings is 2. The first-order valence-electron chi connectivity index (χ1n) is 9.04. The zero-order valence-corrected chi connectivity index (χ0v) is 16.4. The molecule has 0 radical (unpaired) electrons. The van der Waals surface area contributed by atoms with E-state index >= 15 is 0 Å². The van der Waals surface area contributed by atoms with E-state index in [1.165, 1.54) is 11.3 Å². The van der Waals surface area contributed by atoms with E-state index in [1.807, 2.05) is 42.5 Å². The molecular formula is C21H20N4OS. The zero-order chi connectivity index (χ0) is 19.0. The Labute approximate surface area is 161 Å². The summed E-state index contributed by atoms with van der Waals surface area (Å²) in [6.07, 6.45) is 1.68. The number of hydrogen-bond donors (Lipinski definition) is 0. The molecule has 0 spiro atoms. The number of aromatic nitrogens is 3. The molecule has 0 aliphatic heterocycles. The molecule has 6 heteroatoms. The highest BCUT2D eigenvalue weighted by atomic mass is 32.1. The van der Waals surface area contributed by atoms with E-state index < -0.39 is 0 Å². The Morgan fingerprint density at radius 1 is 0.926 bits per heavy atom. The van der Waals surface area contributed by atoms with Crippen molar-refractivity contribution in [2.75, 3.05) is 11.9 Å². The molecule has 0 unspecified atom stereocenters. The van der Waals surface area contributed by atoms with Crippen molar-refractivity contribution in [3.05, 3.63) is 59.4 Å². The third-order valence-electron chi connectivity index (χ3n) is 4.61. The molecule has 4 aromatic rings. The minimum absolute atomic E-state index is 0.102. The number of anilines is 1. The van der Waals surface area contributed by atoms with E-state index in [2.05, 4.69) is 18.8 Å². The number of nitrogens with zero attached hydrogens (tertiary/aromatic N) is 4. The molecule has 27 heavy (non-hydrogen) atoms. The van der Waals surface area contributed by atoms with E-state index in [1.54, 1.807) is 11.9 Å². The number of aryl methyl sites for hydroxylation is 2. The van der Waals surface area contributed by atoms with Crippen LogP contribution in [0.4, 0.5) is 5.13 Å².